The van der Waals surface area contributed by atoms with Gasteiger partial charge in [0.1, 0.15) is 23.9 Å². The fraction of sp³-hybridized carbons (Fsp3) is 0.280. The van der Waals surface area contributed by atoms with E-state index in [4.69, 9.17) is 16.3 Å². The molecule has 0 bridgehead atoms. The Bertz CT molecular complexity index is 1100. The minimum absolute atomic E-state index is 0.0431. The number of likely N-dealkylation sites (N-methyl/N-ethyl adjacent to an activating group) is 1. The molecule has 1 N–H and O–H groups in total. The SMILES string of the molecule is CN1CCN(Cc2ccc(C(=O)Nc3ccc(OCc4ncccc4F)c(Cl)c3)cc2)CC1. The first-order valence-electron chi connectivity index (χ1n) is 10.8. The number of nitrogens with one attached hydrogen (secondary N) is 1. The molecule has 0 unspecified atom stereocenters. The van der Waals surface area contributed by atoms with Gasteiger partial charge in [0.2, 0.25) is 0 Å². The van der Waals surface area contributed by atoms with Gasteiger partial charge in [-0.15, -0.1) is 0 Å². The molecule has 0 aliphatic carbocycles. The molecular formula is C25H26ClFN4O2. The normalized spacial score (nSPS) is 14.8. The predicted molar refractivity (Wildman–Crippen MR) is 127 cm³/mol. The maximum absolute atomic E-state index is 13.7. The number of amides is 1. The fourth-order valence-electron chi connectivity index (χ4n) is 3.60. The molecule has 4 rings (SSSR count). The highest BCUT2D eigenvalue weighted by atomic mass is 35.5. The lowest BCUT2D eigenvalue weighted by atomic mass is 10.1. The first kappa shape index (κ1) is 23.2. The molecule has 6 nitrogen and oxygen atoms in total. The van der Waals surface area contributed by atoms with Gasteiger partial charge in [0.15, 0.2) is 0 Å². The van der Waals surface area contributed by atoms with E-state index in [-0.39, 0.29) is 18.2 Å². The van der Waals surface area contributed by atoms with Crippen molar-refractivity contribution in [2.75, 3.05) is 38.5 Å². The highest BCUT2D eigenvalue weighted by molar-refractivity contribution is 6.32. The van der Waals surface area contributed by atoms with Crippen molar-refractivity contribution in [2.24, 2.45) is 0 Å². The topological polar surface area (TPSA) is 57.7 Å². The van der Waals surface area contributed by atoms with Crippen molar-refractivity contribution < 1.29 is 13.9 Å². The number of carbonyl (C=O) groups excluding carboxylic acids is 1. The second-order valence-corrected chi connectivity index (χ2v) is 8.50. The second kappa shape index (κ2) is 10.7. The molecular weight excluding hydrogens is 443 g/mol. The molecule has 2 heterocycles. The van der Waals surface area contributed by atoms with E-state index in [9.17, 15) is 9.18 Å². The molecule has 8 heteroatoms. The zero-order valence-electron chi connectivity index (χ0n) is 18.4. The van der Waals surface area contributed by atoms with Gasteiger partial charge in [-0.05, 0) is 55.1 Å². The largest absolute Gasteiger partial charge is 0.486 e. The summed E-state index contributed by atoms with van der Waals surface area (Å²) in [7, 11) is 2.14. The number of carbonyl (C=O) groups is 1. The lowest BCUT2D eigenvalue weighted by molar-refractivity contribution is 0.102. The standard InChI is InChI=1S/C25H26ClFN4O2/c1-30-11-13-31(14-12-30)16-18-4-6-19(7-5-18)25(32)29-20-8-9-24(21(26)15-20)33-17-23-22(27)3-2-10-28-23/h2-10,15H,11-14,16-17H2,1H3,(H,29,32). The lowest BCUT2D eigenvalue weighted by Gasteiger charge is -2.32. The third-order valence-corrected chi connectivity index (χ3v) is 5.90. The summed E-state index contributed by atoms with van der Waals surface area (Å²) in [5.74, 6) is -0.276. The van der Waals surface area contributed by atoms with Crippen LogP contribution in [0.15, 0.2) is 60.8 Å². The Morgan fingerprint density at radius 3 is 2.58 bits per heavy atom. The molecule has 0 spiro atoms. The molecule has 0 saturated carbocycles. The zero-order valence-corrected chi connectivity index (χ0v) is 19.2. The summed E-state index contributed by atoms with van der Waals surface area (Å²) in [5, 5.41) is 3.16. The predicted octanol–water partition coefficient (Wildman–Crippen LogP) is 4.45. The van der Waals surface area contributed by atoms with Crippen LogP contribution < -0.4 is 10.1 Å². The Kier molecular flexibility index (Phi) is 7.54. The van der Waals surface area contributed by atoms with E-state index in [1.807, 2.05) is 24.3 Å². The zero-order chi connectivity index (χ0) is 23.2. The quantitative estimate of drug-likeness (QED) is 0.555. The number of halogens is 2. The van der Waals surface area contributed by atoms with Crippen LogP contribution in [0.5, 0.6) is 5.75 Å². The van der Waals surface area contributed by atoms with E-state index in [1.54, 1.807) is 18.2 Å². The molecule has 33 heavy (non-hydrogen) atoms. The van der Waals surface area contributed by atoms with Gasteiger partial charge < -0.3 is 15.0 Å². The van der Waals surface area contributed by atoms with Crippen molar-refractivity contribution >= 4 is 23.2 Å². The van der Waals surface area contributed by atoms with E-state index in [1.165, 1.54) is 23.9 Å². The van der Waals surface area contributed by atoms with Crippen molar-refractivity contribution in [3.8, 4) is 5.75 Å². The number of hydrogen-bond donors (Lipinski definition) is 1. The van der Waals surface area contributed by atoms with E-state index >= 15 is 0 Å². The van der Waals surface area contributed by atoms with Crippen molar-refractivity contribution in [2.45, 2.75) is 13.2 Å². The third kappa shape index (κ3) is 6.28. The highest BCUT2D eigenvalue weighted by Gasteiger charge is 2.14. The summed E-state index contributed by atoms with van der Waals surface area (Å²) in [6.45, 7) is 5.10. The van der Waals surface area contributed by atoms with Crippen LogP contribution in [-0.4, -0.2) is 53.9 Å². The van der Waals surface area contributed by atoms with Crippen molar-refractivity contribution in [3.63, 3.8) is 0 Å². The maximum atomic E-state index is 13.7. The van der Waals surface area contributed by atoms with E-state index in [0.29, 0.717) is 22.0 Å². The molecule has 172 valence electrons. The molecule has 1 fully saturated rings. The molecule has 2 aromatic carbocycles. The van der Waals surface area contributed by atoms with Gasteiger partial charge in [-0.25, -0.2) is 4.39 Å². The van der Waals surface area contributed by atoms with Gasteiger partial charge in [0.25, 0.3) is 5.91 Å². The summed E-state index contributed by atoms with van der Waals surface area (Å²) < 4.78 is 19.3. The summed E-state index contributed by atoms with van der Waals surface area (Å²) in [4.78, 5) is 21.3. The first-order valence-corrected chi connectivity index (χ1v) is 11.2. The molecule has 1 saturated heterocycles. The van der Waals surface area contributed by atoms with Crippen LogP contribution in [0.2, 0.25) is 5.02 Å². The monoisotopic (exact) mass is 468 g/mol. The summed E-state index contributed by atoms with van der Waals surface area (Å²) in [5.41, 5.74) is 2.49. The number of benzene rings is 2. The number of ether oxygens (including phenoxy) is 1. The van der Waals surface area contributed by atoms with Crippen LogP contribution in [0.4, 0.5) is 10.1 Å². The van der Waals surface area contributed by atoms with Crippen molar-refractivity contribution in [1.82, 2.24) is 14.8 Å². The summed E-state index contributed by atoms with van der Waals surface area (Å²) in [6.07, 6.45) is 1.50. The maximum Gasteiger partial charge on any atom is 0.255 e. The first-order chi connectivity index (χ1) is 16.0. The molecule has 1 aromatic heterocycles. The average Bonchev–Trinajstić information content (AvgIpc) is 2.81. The van der Waals surface area contributed by atoms with Gasteiger partial charge >= 0.3 is 0 Å². The number of aromatic nitrogens is 1. The van der Waals surface area contributed by atoms with Crippen LogP contribution in [0.3, 0.4) is 0 Å². The molecule has 1 amide bonds. The number of piperazine rings is 1. The van der Waals surface area contributed by atoms with Gasteiger partial charge in [0.05, 0.1) is 5.02 Å². The minimum atomic E-state index is -0.438. The Morgan fingerprint density at radius 1 is 1.12 bits per heavy atom. The smallest absolute Gasteiger partial charge is 0.255 e. The van der Waals surface area contributed by atoms with Gasteiger partial charge in [-0.1, -0.05) is 23.7 Å². The van der Waals surface area contributed by atoms with Crippen molar-refractivity contribution in [3.05, 3.63) is 88.5 Å². The van der Waals surface area contributed by atoms with Crippen molar-refractivity contribution in [1.29, 1.82) is 0 Å². The molecule has 3 aromatic rings. The average molecular weight is 469 g/mol. The second-order valence-electron chi connectivity index (χ2n) is 8.10. The van der Waals surface area contributed by atoms with Gasteiger partial charge in [0, 0.05) is 50.2 Å². The van der Waals surface area contributed by atoms with Gasteiger partial charge in [-0.2, -0.15) is 0 Å². The third-order valence-electron chi connectivity index (χ3n) is 5.61. The van der Waals surface area contributed by atoms with E-state index < -0.39 is 5.82 Å². The molecule has 1 aliphatic heterocycles. The fourth-order valence-corrected chi connectivity index (χ4v) is 3.83. The minimum Gasteiger partial charge on any atom is -0.486 e. The number of pyridine rings is 1. The number of hydrogen-bond acceptors (Lipinski definition) is 5. The molecule has 0 radical (unpaired) electrons. The summed E-state index contributed by atoms with van der Waals surface area (Å²) >= 11 is 6.29. The van der Waals surface area contributed by atoms with Crippen LogP contribution in [0, 0.1) is 5.82 Å². The summed E-state index contributed by atoms with van der Waals surface area (Å²) in [6, 6.07) is 15.4. The van der Waals surface area contributed by atoms with E-state index in [0.717, 1.165) is 32.7 Å². The van der Waals surface area contributed by atoms with Crippen LogP contribution >= 0.6 is 11.6 Å². The highest BCUT2D eigenvalue weighted by Crippen LogP contribution is 2.28. The number of nitrogens with zero attached hydrogens (tertiary/aromatic N) is 3. The Labute approximate surface area is 197 Å². The lowest BCUT2D eigenvalue weighted by Crippen LogP contribution is -2.43. The van der Waals surface area contributed by atoms with Crippen LogP contribution in [0.25, 0.3) is 0 Å². The van der Waals surface area contributed by atoms with E-state index in [2.05, 4.69) is 27.1 Å². The van der Waals surface area contributed by atoms with Crippen LogP contribution in [0.1, 0.15) is 21.6 Å². The Balaban J connectivity index is 1.32. The Hall–Kier alpha value is -3.00. The molecule has 1 aliphatic rings. The number of anilines is 1. The molecule has 0 atom stereocenters. The van der Waals surface area contributed by atoms with Crippen LogP contribution in [-0.2, 0) is 13.2 Å². The Morgan fingerprint density at radius 2 is 1.88 bits per heavy atom. The van der Waals surface area contributed by atoms with Gasteiger partial charge in [-0.3, -0.25) is 14.7 Å². The number of rotatable bonds is 7.